The zero-order valence-corrected chi connectivity index (χ0v) is 65.2. The number of aliphatic hydroxyl groups is 1. The van der Waals surface area contributed by atoms with E-state index in [0.717, 1.165) is 102 Å². The van der Waals surface area contributed by atoms with Crippen molar-refractivity contribution in [2.24, 2.45) is 11.8 Å². The molecule has 17 nitrogen and oxygen atoms in total. The maximum Gasteiger partial charge on any atom is 0.472 e. The van der Waals surface area contributed by atoms with E-state index in [1.807, 2.05) is 0 Å². The molecule has 0 aromatic heterocycles. The second-order valence-electron chi connectivity index (χ2n) is 29.1. The molecule has 0 heterocycles. The molecule has 5 atom stereocenters. The molecule has 0 aromatic rings. The van der Waals surface area contributed by atoms with Gasteiger partial charge in [-0.3, -0.25) is 37.3 Å². The molecule has 2 unspecified atom stereocenters. The van der Waals surface area contributed by atoms with Crippen LogP contribution < -0.4 is 0 Å². The third-order valence-electron chi connectivity index (χ3n) is 18.2. The van der Waals surface area contributed by atoms with E-state index in [4.69, 9.17) is 37.0 Å². The largest absolute Gasteiger partial charge is 0.472 e. The fourth-order valence-corrected chi connectivity index (χ4v) is 13.6. The van der Waals surface area contributed by atoms with Crippen LogP contribution >= 0.6 is 15.6 Å². The average molecular weight is 1420 g/mol. The van der Waals surface area contributed by atoms with Gasteiger partial charge >= 0.3 is 39.5 Å². The minimum Gasteiger partial charge on any atom is -0.462 e. The molecule has 3 N–H and O–H groups in total. The second kappa shape index (κ2) is 69.8. The van der Waals surface area contributed by atoms with Crippen molar-refractivity contribution in [3.8, 4) is 0 Å². The van der Waals surface area contributed by atoms with Crippen LogP contribution in [0.1, 0.15) is 408 Å². The van der Waals surface area contributed by atoms with Crippen molar-refractivity contribution < 1.29 is 80.2 Å². The van der Waals surface area contributed by atoms with Crippen molar-refractivity contribution in [3.05, 3.63) is 0 Å². The highest BCUT2D eigenvalue weighted by molar-refractivity contribution is 7.47. The first-order valence-corrected chi connectivity index (χ1v) is 43.5. The predicted molar refractivity (Wildman–Crippen MR) is 395 cm³/mol. The molecule has 19 heteroatoms. The lowest BCUT2D eigenvalue weighted by molar-refractivity contribution is -0.161. The molecule has 0 aromatic carbocycles. The summed E-state index contributed by atoms with van der Waals surface area (Å²) in [5.74, 6) is -0.534. The van der Waals surface area contributed by atoms with Crippen molar-refractivity contribution in [1.29, 1.82) is 0 Å². The van der Waals surface area contributed by atoms with Gasteiger partial charge in [0.25, 0.3) is 0 Å². The molecular formula is C78H152O17P2. The van der Waals surface area contributed by atoms with Gasteiger partial charge < -0.3 is 33.8 Å². The molecule has 0 amide bonds. The van der Waals surface area contributed by atoms with E-state index in [2.05, 4.69) is 41.5 Å². The van der Waals surface area contributed by atoms with Crippen molar-refractivity contribution in [3.63, 3.8) is 0 Å². The molecule has 0 saturated heterocycles. The van der Waals surface area contributed by atoms with Gasteiger partial charge in [0, 0.05) is 25.7 Å². The summed E-state index contributed by atoms with van der Waals surface area (Å²) in [6, 6.07) is 0. The Morgan fingerprint density at radius 1 is 0.278 bits per heavy atom. The summed E-state index contributed by atoms with van der Waals surface area (Å²) in [6.07, 6.45) is 58.1. The lowest BCUT2D eigenvalue weighted by Crippen LogP contribution is -2.30. The Morgan fingerprint density at radius 3 is 0.701 bits per heavy atom. The number of hydrogen-bond donors (Lipinski definition) is 3. The predicted octanol–water partition coefficient (Wildman–Crippen LogP) is 23.1. The maximum atomic E-state index is 13.1. The minimum atomic E-state index is -4.96. The van der Waals surface area contributed by atoms with Crippen molar-refractivity contribution in [1.82, 2.24) is 0 Å². The van der Waals surface area contributed by atoms with Crippen LogP contribution in [0.2, 0.25) is 0 Å². The number of carbonyl (C=O) groups excluding carboxylic acids is 4. The standard InChI is InChI=1S/C78H152O17P2/c1-7-9-11-13-15-17-19-20-21-25-32-38-44-50-56-62-77(82)94-73(66-88-75(80)60-54-48-42-36-18-16-14-12-10-8-2)68-92-96(84,85)90-64-72(79)65-91-97(86,87)93-69-74(67-89-76(81)61-55-49-43-37-31-28-27-30-35-41-47-53-59-71(5)6)95-78(83)63-57-51-45-39-33-26-23-22-24-29-34-40-46-52-58-70(3)4/h70-74,79H,7-69H2,1-6H3,(H,84,85)(H,86,87)/t72-,73+,74+/m0/s1. The first-order chi connectivity index (χ1) is 46.9. The smallest absolute Gasteiger partial charge is 0.462 e. The third kappa shape index (κ3) is 72.2. The number of ether oxygens (including phenoxy) is 4. The van der Waals surface area contributed by atoms with Crippen LogP contribution in [-0.4, -0.2) is 96.7 Å². The van der Waals surface area contributed by atoms with Crippen LogP contribution in [0.25, 0.3) is 0 Å². The molecule has 0 saturated carbocycles. The van der Waals surface area contributed by atoms with Gasteiger partial charge in [-0.2, -0.15) is 0 Å². The Hall–Kier alpha value is -1.94. The van der Waals surface area contributed by atoms with Crippen LogP contribution in [0, 0.1) is 11.8 Å². The van der Waals surface area contributed by atoms with Crippen molar-refractivity contribution in [2.75, 3.05) is 39.6 Å². The molecule has 0 aliphatic carbocycles. The quantitative estimate of drug-likeness (QED) is 0.0222. The van der Waals surface area contributed by atoms with Gasteiger partial charge in [0.05, 0.1) is 26.4 Å². The third-order valence-corrected chi connectivity index (χ3v) is 20.1. The van der Waals surface area contributed by atoms with E-state index in [0.29, 0.717) is 25.7 Å². The van der Waals surface area contributed by atoms with E-state index < -0.39 is 97.5 Å². The Balaban J connectivity index is 5.25. The molecule has 0 radical (unpaired) electrons. The number of carbonyl (C=O) groups is 4. The number of aliphatic hydroxyl groups excluding tert-OH is 1. The highest BCUT2D eigenvalue weighted by Gasteiger charge is 2.30. The van der Waals surface area contributed by atoms with E-state index in [1.54, 1.807) is 0 Å². The molecule has 97 heavy (non-hydrogen) atoms. The van der Waals surface area contributed by atoms with Gasteiger partial charge in [-0.05, 0) is 37.5 Å². The lowest BCUT2D eigenvalue weighted by Gasteiger charge is -2.21. The average Bonchev–Trinajstić information content (AvgIpc) is 1.04. The number of esters is 4. The SMILES string of the molecule is CCCCCCCCCCCCCCCCCC(=O)O[C@H](COC(=O)CCCCCCCCCCCC)COP(=O)(O)OC[C@H](O)COP(=O)(O)OC[C@@H](COC(=O)CCCCCCCCCCCCCCC(C)C)OC(=O)CCCCCCCCCCCCCCCCC(C)C. The first-order valence-electron chi connectivity index (χ1n) is 40.5. The fraction of sp³-hybridized carbons (Fsp3) is 0.949. The zero-order valence-electron chi connectivity index (χ0n) is 63.4. The number of unbranched alkanes of at least 4 members (excludes halogenated alkanes) is 47. The number of phosphoric acid groups is 2. The Bertz CT molecular complexity index is 1870. The monoisotopic (exact) mass is 1420 g/mol. The first kappa shape index (κ1) is 95.1. The van der Waals surface area contributed by atoms with E-state index in [-0.39, 0.29) is 25.7 Å². The lowest BCUT2D eigenvalue weighted by atomic mass is 10.0. The van der Waals surface area contributed by atoms with Gasteiger partial charge in [-0.15, -0.1) is 0 Å². The molecule has 0 aliphatic rings. The number of hydrogen-bond acceptors (Lipinski definition) is 15. The minimum absolute atomic E-state index is 0.108. The van der Waals surface area contributed by atoms with Gasteiger partial charge in [0.2, 0.25) is 0 Å². The van der Waals surface area contributed by atoms with Gasteiger partial charge in [-0.1, -0.05) is 356 Å². The highest BCUT2D eigenvalue weighted by atomic mass is 31.2. The zero-order chi connectivity index (χ0) is 71.4. The van der Waals surface area contributed by atoms with Crippen LogP contribution in [0.5, 0.6) is 0 Å². The van der Waals surface area contributed by atoms with Gasteiger partial charge in [0.15, 0.2) is 12.2 Å². The Morgan fingerprint density at radius 2 is 0.474 bits per heavy atom. The number of rotatable bonds is 77. The van der Waals surface area contributed by atoms with Crippen LogP contribution in [0.4, 0.5) is 0 Å². The summed E-state index contributed by atoms with van der Waals surface area (Å²) < 4.78 is 68.6. The molecule has 0 spiro atoms. The molecule has 576 valence electrons. The molecular weight excluding hydrogens is 1270 g/mol. The van der Waals surface area contributed by atoms with Crippen molar-refractivity contribution in [2.45, 2.75) is 426 Å². The highest BCUT2D eigenvalue weighted by Crippen LogP contribution is 2.45. The molecule has 0 rings (SSSR count). The van der Waals surface area contributed by atoms with Crippen molar-refractivity contribution >= 4 is 39.5 Å². The fourth-order valence-electron chi connectivity index (χ4n) is 12.0. The van der Waals surface area contributed by atoms with Gasteiger partial charge in [-0.25, -0.2) is 9.13 Å². The summed E-state index contributed by atoms with van der Waals surface area (Å²) in [6.45, 7) is 9.65. The molecule has 0 bridgehead atoms. The summed E-state index contributed by atoms with van der Waals surface area (Å²) in [4.78, 5) is 72.9. The van der Waals surface area contributed by atoms with E-state index in [9.17, 15) is 43.2 Å². The summed E-state index contributed by atoms with van der Waals surface area (Å²) >= 11 is 0. The van der Waals surface area contributed by atoms with Crippen LogP contribution in [0.15, 0.2) is 0 Å². The maximum absolute atomic E-state index is 13.1. The summed E-state index contributed by atoms with van der Waals surface area (Å²) in [7, 11) is -9.91. The Kier molecular flexibility index (Phi) is 68.4. The normalized spacial score (nSPS) is 14.0. The summed E-state index contributed by atoms with van der Waals surface area (Å²) in [5, 5.41) is 10.6. The second-order valence-corrected chi connectivity index (χ2v) is 32.0. The van der Waals surface area contributed by atoms with Crippen LogP contribution in [0.3, 0.4) is 0 Å². The topological polar surface area (TPSA) is 237 Å². The van der Waals surface area contributed by atoms with E-state index in [1.165, 1.54) is 225 Å². The summed E-state index contributed by atoms with van der Waals surface area (Å²) in [5.41, 5.74) is 0. The van der Waals surface area contributed by atoms with Crippen LogP contribution in [-0.2, 0) is 65.4 Å². The number of phosphoric ester groups is 2. The van der Waals surface area contributed by atoms with E-state index >= 15 is 0 Å². The van der Waals surface area contributed by atoms with Gasteiger partial charge in [0.1, 0.15) is 19.3 Å². The Labute approximate surface area is 594 Å². The molecule has 0 fully saturated rings. The molecule has 0 aliphatic heterocycles.